The van der Waals surface area contributed by atoms with E-state index < -0.39 is 10.0 Å². The van der Waals surface area contributed by atoms with Crippen LogP contribution in [0.4, 0.5) is 5.82 Å². The van der Waals surface area contributed by atoms with E-state index in [4.69, 9.17) is 0 Å². The van der Waals surface area contributed by atoms with Crippen LogP contribution in [0.3, 0.4) is 0 Å². The molecule has 0 radical (unpaired) electrons. The molecule has 8 nitrogen and oxygen atoms in total. The lowest BCUT2D eigenvalue weighted by atomic mass is 10.1. The molecule has 9 heteroatoms. The molecule has 2 heterocycles. The Hall–Kier alpha value is -2.52. The first-order chi connectivity index (χ1) is 11.5. The number of aryl methyl sites for hydroxylation is 1. The third-order valence-electron chi connectivity index (χ3n) is 3.65. The molecule has 126 valence electrons. The minimum Gasteiger partial charge on any atom is -0.363 e. The molecule has 2 aromatic heterocycles. The molecule has 2 N–H and O–H groups in total. The number of hydrogen-bond donors (Lipinski definition) is 2. The summed E-state index contributed by atoms with van der Waals surface area (Å²) in [6, 6.07) is 7.40. The molecular formula is C15H18N6O2S. The molecule has 24 heavy (non-hydrogen) atoms. The van der Waals surface area contributed by atoms with Gasteiger partial charge >= 0.3 is 0 Å². The van der Waals surface area contributed by atoms with Crippen molar-refractivity contribution < 1.29 is 8.42 Å². The van der Waals surface area contributed by atoms with Crippen LogP contribution < -0.4 is 10.0 Å². The van der Waals surface area contributed by atoms with Crippen molar-refractivity contribution in [3.63, 3.8) is 0 Å². The molecule has 0 spiro atoms. The zero-order chi connectivity index (χ0) is 17.2. The summed E-state index contributed by atoms with van der Waals surface area (Å²) in [6.45, 7) is 2.43. The summed E-state index contributed by atoms with van der Waals surface area (Å²) in [5, 5.41) is 11.4. The van der Waals surface area contributed by atoms with E-state index in [0.29, 0.717) is 18.0 Å². The second-order valence-corrected chi connectivity index (χ2v) is 7.28. The third-order valence-corrected chi connectivity index (χ3v) is 4.98. The number of rotatable bonds is 6. The van der Waals surface area contributed by atoms with E-state index in [9.17, 15) is 8.42 Å². The second kappa shape index (κ2) is 6.54. The minimum atomic E-state index is -3.26. The normalized spacial score (nSPS) is 11.8. The van der Waals surface area contributed by atoms with E-state index in [1.54, 1.807) is 18.3 Å². The number of aromatic nitrogens is 4. The van der Waals surface area contributed by atoms with Gasteiger partial charge in [-0.2, -0.15) is 0 Å². The molecule has 0 saturated heterocycles. The first-order valence-electron chi connectivity index (χ1n) is 7.38. The van der Waals surface area contributed by atoms with Gasteiger partial charge in [0.25, 0.3) is 0 Å². The predicted molar refractivity (Wildman–Crippen MR) is 91.0 cm³/mol. The predicted octanol–water partition coefficient (Wildman–Crippen LogP) is 1.09. The quantitative estimate of drug-likeness (QED) is 0.693. The smallest absolute Gasteiger partial charge is 0.215 e. The molecule has 0 aliphatic rings. The second-order valence-electron chi connectivity index (χ2n) is 5.35. The summed E-state index contributed by atoms with van der Waals surface area (Å²) in [5.41, 5.74) is 2.42. The van der Waals surface area contributed by atoms with Crippen molar-refractivity contribution in [1.29, 1.82) is 0 Å². The maximum Gasteiger partial charge on any atom is 0.215 e. The van der Waals surface area contributed by atoms with Gasteiger partial charge in [-0.05, 0) is 25.1 Å². The van der Waals surface area contributed by atoms with Gasteiger partial charge in [-0.1, -0.05) is 24.3 Å². The highest BCUT2D eigenvalue weighted by atomic mass is 32.2. The number of fused-ring (bicyclic) bond motifs is 1. The first-order valence-corrected chi connectivity index (χ1v) is 9.03. The summed E-state index contributed by atoms with van der Waals surface area (Å²) < 4.78 is 27.3. The van der Waals surface area contributed by atoms with Crippen molar-refractivity contribution in [1.82, 2.24) is 24.3 Å². The van der Waals surface area contributed by atoms with Crippen LogP contribution in [0.15, 0.2) is 36.7 Å². The Morgan fingerprint density at radius 1 is 1.12 bits per heavy atom. The molecule has 3 rings (SSSR count). The number of anilines is 1. The molecule has 0 saturated carbocycles. The van der Waals surface area contributed by atoms with Gasteiger partial charge < -0.3 is 5.32 Å². The molecule has 1 aromatic carbocycles. The van der Waals surface area contributed by atoms with Crippen molar-refractivity contribution in [3.05, 3.63) is 53.6 Å². The molecule has 0 atom stereocenters. The highest BCUT2D eigenvalue weighted by Gasteiger charge is 2.09. The molecule has 3 aromatic rings. The summed E-state index contributed by atoms with van der Waals surface area (Å²) in [7, 11) is -1.85. The number of sulfonamides is 1. The number of hydrogen-bond acceptors (Lipinski definition) is 6. The fraction of sp³-hybridized carbons (Fsp3) is 0.267. The van der Waals surface area contributed by atoms with Gasteiger partial charge in [0.1, 0.15) is 5.82 Å². The SMILES string of the molecule is CNS(=O)(=O)Cc1ccc(CNc2nccn3c(C)nnc23)cc1. The number of benzene rings is 1. The van der Waals surface area contributed by atoms with E-state index in [2.05, 4.69) is 25.2 Å². The lowest BCUT2D eigenvalue weighted by Gasteiger charge is -2.08. The average Bonchev–Trinajstić information content (AvgIpc) is 2.96. The Morgan fingerprint density at radius 2 is 1.83 bits per heavy atom. The number of nitrogens with zero attached hydrogens (tertiary/aromatic N) is 4. The average molecular weight is 346 g/mol. The topological polar surface area (TPSA) is 101 Å². The Labute approximate surface area is 140 Å². The van der Waals surface area contributed by atoms with E-state index in [-0.39, 0.29) is 5.75 Å². The van der Waals surface area contributed by atoms with Crippen LogP contribution >= 0.6 is 0 Å². The first kappa shape index (κ1) is 16.3. The Kier molecular flexibility index (Phi) is 4.45. The summed E-state index contributed by atoms with van der Waals surface area (Å²) in [6.07, 6.45) is 3.50. The van der Waals surface area contributed by atoms with Crippen LogP contribution in [0.1, 0.15) is 17.0 Å². The minimum absolute atomic E-state index is 0.0307. The molecule has 0 amide bonds. The van der Waals surface area contributed by atoms with Crippen molar-refractivity contribution in [3.8, 4) is 0 Å². The van der Waals surface area contributed by atoms with Crippen molar-refractivity contribution in [2.24, 2.45) is 0 Å². The van der Waals surface area contributed by atoms with Gasteiger partial charge in [-0.15, -0.1) is 10.2 Å². The largest absolute Gasteiger partial charge is 0.363 e. The van der Waals surface area contributed by atoms with Crippen molar-refractivity contribution in [2.75, 3.05) is 12.4 Å². The summed E-state index contributed by atoms with van der Waals surface area (Å²) in [4.78, 5) is 4.29. The standard InChI is InChI=1S/C15H18N6O2S/c1-11-19-20-15-14(17-7-8-21(11)15)18-9-12-3-5-13(6-4-12)10-24(22,23)16-2/h3-8,16H,9-10H2,1-2H3,(H,17,18). The van der Waals surface area contributed by atoms with E-state index in [0.717, 1.165) is 17.0 Å². The zero-order valence-electron chi connectivity index (χ0n) is 13.4. The van der Waals surface area contributed by atoms with Crippen LogP contribution in [0.5, 0.6) is 0 Å². The van der Waals surface area contributed by atoms with E-state index >= 15 is 0 Å². The molecule has 0 bridgehead atoms. The third kappa shape index (κ3) is 3.52. The van der Waals surface area contributed by atoms with Crippen molar-refractivity contribution in [2.45, 2.75) is 19.2 Å². The Balaban J connectivity index is 1.70. The lowest BCUT2D eigenvalue weighted by Crippen LogP contribution is -2.20. The molecule has 0 fully saturated rings. The molecule has 0 unspecified atom stereocenters. The van der Waals surface area contributed by atoms with Gasteiger partial charge in [-0.3, -0.25) is 4.40 Å². The van der Waals surface area contributed by atoms with Gasteiger partial charge in [0.15, 0.2) is 5.82 Å². The van der Waals surface area contributed by atoms with E-state index in [1.165, 1.54) is 7.05 Å². The van der Waals surface area contributed by atoms with Crippen molar-refractivity contribution >= 4 is 21.5 Å². The Bertz CT molecular complexity index is 950. The van der Waals surface area contributed by atoms with Crippen LogP contribution in [-0.4, -0.2) is 35.0 Å². The van der Waals surface area contributed by atoms with Gasteiger partial charge in [0, 0.05) is 18.9 Å². The van der Waals surface area contributed by atoms with Crippen LogP contribution in [0, 0.1) is 6.92 Å². The number of nitrogens with one attached hydrogen (secondary N) is 2. The van der Waals surface area contributed by atoms with Gasteiger partial charge in [0.2, 0.25) is 15.7 Å². The Morgan fingerprint density at radius 3 is 2.54 bits per heavy atom. The molecular weight excluding hydrogens is 328 g/mol. The van der Waals surface area contributed by atoms with Crippen LogP contribution in [-0.2, 0) is 22.3 Å². The fourth-order valence-corrected chi connectivity index (χ4v) is 3.07. The molecule has 0 aliphatic heterocycles. The maximum atomic E-state index is 11.5. The zero-order valence-corrected chi connectivity index (χ0v) is 14.2. The van der Waals surface area contributed by atoms with Crippen LogP contribution in [0.2, 0.25) is 0 Å². The molecule has 0 aliphatic carbocycles. The summed E-state index contributed by atoms with van der Waals surface area (Å²) >= 11 is 0. The van der Waals surface area contributed by atoms with Gasteiger partial charge in [0.05, 0.1) is 5.75 Å². The lowest BCUT2D eigenvalue weighted by molar-refractivity contribution is 0.587. The fourth-order valence-electron chi connectivity index (χ4n) is 2.30. The summed E-state index contributed by atoms with van der Waals surface area (Å²) in [5.74, 6) is 1.42. The monoisotopic (exact) mass is 346 g/mol. The maximum absolute atomic E-state index is 11.5. The van der Waals surface area contributed by atoms with Crippen LogP contribution in [0.25, 0.3) is 5.65 Å². The highest BCUT2D eigenvalue weighted by molar-refractivity contribution is 7.88. The highest BCUT2D eigenvalue weighted by Crippen LogP contribution is 2.14. The van der Waals surface area contributed by atoms with Gasteiger partial charge in [-0.25, -0.2) is 18.1 Å². The van der Waals surface area contributed by atoms with E-state index in [1.807, 2.05) is 29.7 Å².